The van der Waals surface area contributed by atoms with E-state index in [1.165, 1.54) is 0 Å². The second-order valence-electron chi connectivity index (χ2n) is 0.519. The molecule has 0 aliphatic carbocycles. The fourth-order valence-corrected chi connectivity index (χ4v) is 0. The standard InChI is InChI=1S/C2H4O2.C2H4.Na/c1-2(3)4;1-2;/h1H3,(H,3,4);1-2H2;. The summed E-state index contributed by atoms with van der Waals surface area (Å²) in [5.41, 5.74) is 0. The molecule has 37 valence electrons. The molecule has 3 heteroatoms. The Balaban J connectivity index is -0.0000000480. The van der Waals surface area contributed by atoms with Crippen molar-refractivity contribution in [1.29, 1.82) is 0 Å². The molecule has 0 saturated carbocycles. The summed E-state index contributed by atoms with van der Waals surface area (Å²) in [5.74, 6) is -0.833. The molecule has 0 bridgehead atoms. The first-order valence-electron chi connectivity index (χ1n) is 1.43. The van der Waals surface area contributed by atoms with Gasteiger partial charge in [-0.05, 0) is 0 Å². The van der Waals surface area contributed by atoms with E-state index >= 15 is 0 Å². The van der Waals surface area contributed by atoms with Gasteiger partial charge in [0.05, 0.1) is 0 Å². The zero-order valence-electron chi connectivity index (χ0n) is 4.77. The van der Waals surface area contributed by atoms with Crippen LogP contribution in [0.4, 0.5) is 0 Å². The average molecular weight is 111 g/mol. The van der Waals surface area contributed by atoms with Crippen LogP contribution in [0.25, 0.3) is 0 Å². The van der Waals surface area contributed by atoms with Crippen molar-refractivity contribution in [2.24, 2.45) is 0 Å². The van der Waals surface area contributed by atoms with Gasteiger partial charge >= 0.3 is 0 Å². The molecule has 0 unspecified atom stereocenters. The summed E-state index contributed by atoms with van der Waals surface area (Å²) in [4.78, 5) is 9.00. The first-order chi connectivity index (χ1) is 2.73. The molecule has 0 rings (SSSR count). The van der Waals surface area contributed by atoms with Crippen LogP contribution >= 0.6 is 0 Å². The maximum atomic E-state index is 9.00. The number of hydrogen-bond donors (Lipinski definition) is 1. The Hall–Kier alpha value is 0.210. The van der Waals surface area contributed by atoms with Gasteiger partial charge in [-0.3, -0.25) is 4.79 Å². The van der Waals surface area contributed by atoms with Crippen LogP contribution in [0.5, 0.6) is 0 Å². The minimum Gasteiger partial charge on any atom is -0.481 e. The van der Waals surface area contributed by atoms with Crippen LogP contribution < -0.4 is 0 Å². The normalized spacial score (nSPS) is 4.14. The predicted molar refractivity (Wildman–Crippen MR) is 30.3 cm³/mol. The van der Waals surface area contributed by atoms with E-state index in [0.29, 0.717) is 0 Å². The van der Waals surface area contributed by atoms with Crippen LogP contribution in [0.1, 0.15) is 6.92 Å². The molecular formula is C4H8NaO2. The van der Waals surface area contributed by atoms with Crippen molar-refractivity contribution in [2.75, 3.05) is 0 Å². The van der Waals surface area contributed by atoms with Crippen LogP contribution in [-0.2, 0) is 4.79 Å². The number of aliphatic carboxylic acids is 1. The maximum Gasteiger partial charge on any atom is 0.300 e. The number of hydrogen-bond acceptors (Lipinski definition) is 1. The Kier molecular flexibility index (Phi) is 36.7. The van der Waals surface area contributed by atoms with Crippen LogP contribution in [0.15, 0.2) is 13.2 Å². The molecule has 0 heterocycles. The molecule has 0 spiro atoms. The fraction of sp³-hybridized carbons (Fsp3) is 0.250. The quantitative estimate of drug-likeness (QED) is 0.365. The topological polar surface area (TPSA) is 37.3 Å². The molecule has 0 aliphatic heterocycles. The SMILES string of the molecule is C=C.CC(=O)O.[Na]. The number of carboxylic acid groups (broad SMARTS) is 1. The summed E-state index contributed by atoms with van der Waals surface area (Å²) in [6, 6.07) is 0. The first kappa shape index (κ1) is 15.7. The van der Waals surface area contributed by atoms with Crippen molar-refractivity contribution >= 4 is 35.5 Å². The van der Waals surface area contributed by atoms with E-state index in [0.717, 1.165) is 6.92 Å². The Labute approximate surface area is 65.5 Å². The zero-order chi connectivity index (χ0) is 5.58. The van der Waals surface area contributed by atoms with Gasteiger partial charge in [0, 0.05) is 36.5 Å². The van der Waals surface area contributed by atoms with Crippen molar-refractivity contribution in [3.63, 3.8) is 0 Å². The molecule has 0 aromatic rings. The van der Waals surface area contributed by atoms with Gasteiger partial charge in [-0.25, -0.2) is 0 Å². The van der Waals surface area contributed by atoms with Crippen LogP contribution in [-0.4, -0.2) is 40.6 Å². The summed E-state index contributed by atoms with van der Waals surface area (Å²) in [5, 5.41) is 7.42. The number of rotatable bonds is 0. The third kappa shape index (κ3) is 2500. The molecule has 0 aliphatic rings. The fourth-order valence-electron chi connectivity index (χ4n) is 0. The molecule has 0 aromatic carbocycles. The largest absolute Gasteiger partial charge is 0.481 e. The first-order valence-corrected chi connectivity index (χ1v) is 1.43. The number of carboxylic acids is 1. The van der Waals surface area contributed by atoms with E-state index in [1.54, 1.807) is 0 Å². The van der Waals surface area contributed by atoms with Gasteiger partial charge in [0.15, 0.2) is 0 Å². The third-order valence-electron chi connectivity index (χ3n) is 0. The molecule has 1 N–H and O–H groups in total. The van der Waals surface area contributed by atoms with Gasteiger partial charge in [-0.1, -0.05) is 0 Å². The molecule has 0 aromatic heterocycles. The third-order valence-corrected chi connectivity index (χ3v) is 0. The van der Waals surface area contributed by atoms with Gasteiger partial charge in [0.1, 0.15) is 0 Å². The number of carbonyl (C=O) groups is 1. The van der Waals surface area contributed by atoms with E-state index in [4.69, 9.17) is 9.90 Å². The molecule has 1 radical (unpaired) electrons. The second-order valence-corrected chi connectivity index (χ2v) is 0.519. The summed E-state index contributed by atoms with van der Waals surface area (Å²) < 4.78 is 0. The monoisotopic (exact) mass is 111 g/mol. The van der Waals surface area contributed by atoms with Crippen molar-refractivity contribution in [3.05, 3.63) is 13.2 Å². The molecule has 0 amide bonds. The Bertz CT molecular complexity index is 41.0. The van der Waals surface area contributed by atoms with E-state index in [2.05, 4.69) is 13.2 Å². The van der Waals surface area contributed by atoms with Crippen molar-refractivity contribution < 1.29 is 9.90 Å². The summed E-state index contributed by atoms with van der Waals surface area (Å²) in [7, 11) is 0. The van der Waals surface area contributed by atoms with Crippen LogP contribution in [0.2, 0.25) is 0 Å². The predicted octanol–water partition coefficient (Wildman–Crippen LogP) is 0.512. The van der Waals surface area contributed by atoms with Gasteiger partial charge in [0.25, 0.3) is 5.97 Å². The summed E-state index contributed by atoms with van der Waals surface area (Å²) in [6.45, 7) is 7.08. The van der Waals surface area contributed by atoms with Gasteiger partial charge < -0.3 is 5.11 Å². The zero-order valence-corrected chi connectivity index (χ0v) is 6.77. The van der Waals surface area contributed by atoms with Crippen molar-refractivity contribution in [1.82, 2.24) is 0 Å². The Morgan fingerprint density at radius 1 is 1.57 bits per heavy atom. The van der Waals surface area contributed by atoms with E-state index < -0.39 is 5.97 Å². The molecule has 0 fully saturated rings. The van der Waals surface area contributed by atoms with E-state index in [1.807, 2.05) is 0 Å². The summed E-state index contributed by atoms with van der Waals surface area (Å²) >= 11 is 0. The molecular weight excluding hydrogens is 103 g/mol. The molecule has 0 atom stereocenters. The van der Waals surface area contributed by atoms with Crippen LogP contribution in [0, 0.1) is 0 Å². The minimum atomic E-state index is -0.833. The maximum absolute atomic E-state index is 9.00. The van der Waals surface area contributed by atoms with Crippen LogP contribution in [0.3, 0.4) is 0 Å². The smallest absolute Gasteiger partial charge is 0.300 e. The molecule has 7 heavy (non-hydrogen) atoms. The molecule has 0 saturated heterocycles. The van der Waals surface area contributed by atoms with E-state index in [-0.39, 0.29) is 29.6 Å². The average Bonchev–Trinajstić information content (AvgIpc) is 1.41. The van der Waals surface area contributed by atoms with Crippen molar-refractivity contribution in [2.45, 2.75) is 6.92 Å². The minimum absolute atomic E-state index is 0. The summed E-state index contributed by atoms with van der Waals surface area (Å²) in [6.07, 6.45) is 0. The molecule has 2 nitrogen and oxygen atoms in total. The van der Waals surface area contributed by atoms with E-state index in [9.17, 15) is 0 Å². The van der Waals surface area contributed by atoms with Gasteiger partial charge in [-0.2, -0.15) is 0 Å². The van der Waals surface area contributed by atoms with Gasteiger partial charge in [0.2, 0.25) is 0 Å². The van der Waals surface area contributed by atoms with Crippen molar-refractivity contribution in [3.8, 4) is 0 Å². The Morgan fingerprint density at radius 2 is 1.57 bits per heavy atom. The second kappa shape index (κ2) is 16.4. The van der Waals surface area contributed by atoms with Gasteiger partial charge in [-0.15, -0.1) is 13.2 Å². The Morgan fingerprint density at radius 3 is 1.57 bits per heavy atom.